The standard InChI is InChI=1S/C20H22FNO/c21-17-8-6-15(7-9-17)18(14-4-2-1-3-5-14)19-20(23)16-10-12-22(19)13-11-16/h1-9,16,18-20,23H,10-13H2/t18-,19-,20+/m0/s1. The van der Waals surface area contributed by atoms with Gasteiger partial charge in [0.1, 0.15) is 5.82 Å². The molecule has 0 amide bonds. The van der Waals surface area contributed by atoms with Crippen LogP contribution < -0.4 is 0 Å². The summed E-state index contributed by atoms with van der Waals surface area (Å²) in [4.78, 5) is 2.42. The lowest BCUT2D eigenvalue weighted by molar-refractivity contribution is -0.0775. The largest absolute Gasteiger partial charge is 0.391 e. The van der Waals surface area contributed by atoms with Crippen LogP contribution in [0, 0.1) is 11.7 Å². The van der Waals surface area contributed by atoms with Crippen LogP contribution in [0.5, 0.6) is 0 Å². The van der Waals surface area contributed by atoms with E-state index in [9.17, 15) is 9.50 Å². The highest BCUT2D eigenvalue weighted by atomic mass is 19.1. The quantitative estimate of drug-likeness (QED) is 0.939. The second-order valence-electron chi connectivity index (χ2n) is 6.79. The fourth-order valence-corrected chi connectivity index (χ4v) is 4.38. The first-order chi connectivity index (χ1) is 11.2. The summed E-state index contributed by atoms with van der Waals surface area (Å²) in [7, 11) is 0. The third-order valence-electron chi connectivity index (χ3n) is 5.56. The maximum atomic E-state index is 13.4. The second kappa shape index (κ2) is 6.06. The number of aliphatic hydroxyl groups is 1. The summed E-state index contributed by atoms with van der Waals surface area (Å²) in [5.74, 6) is 0.262. The Morgan fingerprint density at radius 1 is 0.913 bits per heavy atom. The number of aliphatic hydroxyl groups excluding tert-OH is 1. The van der Waals surface area contributed by atoms with Crippen molar-refractivity contribution in [1.29, 1.82) is 0 Å². The molecule has 0 aliphatic carbocycles. The number of halogens is 1. The first-order valence-corrected chi connectivity index (χ1v) is 8.46. The van der Waals surface area contributed by atoms with Gasteiger partial charge in [-0.2, -0.15) is 0 Å². The molecule has 3 atom stereocenters. The number of hydrogen-bond donors (Lipinski definition) is 1. The average Bonchev–Trinajstić information content (AvgIpc) is 2.61. The molecule has 120 valence electrons. The van der Waals surface area contributed by atoms with Crippen LogP contribution in [0.1, 0.15) is 29.9 Å². The molecule has 3 heterocycles. The Kier molecular flexibility index (Phi) is 3.92. The molecule has 0 aromatic heterocycles. The van der Waals surface area contributed by atoms with Crippen LogP contribution in [0.4, 0.5) is 4.39 Å². The molecule has 3 fully saturated rings. The summed E-state index contributed by atoms with van der Waals surface area (Å²) >= 11 is 0. The van der Waals surface area contributed by atoms with E-state index in [1.807, 2.05) is 30.3 Å². The molecule has 0 unspecified atom stereocenters. The Morgan fingerprint density at radius 2 is 1.52 bits per heavy atom. The monoisotopic (exact) mass is 311 g/mol. The normalized spacial score (nSPS) is 31.0. The molecular formula is C20H22FNO. The van der Waals surface area contributed by atoms with Crippen molar-refractivity contribution in [1.82, 2.24) is 4.90 Å². The van der Waals surface area contributed by atoms with Gasteiger partial charge in [0.25, 0.3) is 0 Å². The van der Waals surface area contributed by atoms with Crippen molar-refractivity contribution in [3.63, 3.8) is 0 Å². The van der Waals surface area contributed by atoms with Crippen LogP contribution in [0.2, 0.25) is 0 Å². The van der Waals surface area contributed by atoms with Gasteiger partial charge >= 0.3 is 0 Å². The van der Waals surface area contributed by atoms with E-state index in [1.54, 1.807) is 0 Å². The zero-order chi connectivity index (χ0) is 15.8. The van der Waals surface area contributed by atoms with Gasteiger partial charge in [0.15, 0.2) is 0 Å². The van der Waals surface area contributed by atoms with Gasteiger partial charge < -0.3 is 5.11 Å². The highest BCUT2D eigenvalue weighted by Gasteiger charge is 2.45. The summed E-state index contributed by atoms with van der Waals surface area (Å²) in [5, 5.41) is 10.9. The zero-order valence-electron chi connectivity index (χ0n) is 13.1. The summed E-state index contributed by atoms with van der Waals surface area (Å²) in [6, 6.07) is 17.2. The molecule has 5 rings (SSSR count). The van der Waals surface area contributed by atoms with Crippen molar-refractivity contribution in [3.8, 4) is 0 Å². The van der Waals surface area contributed by atoms with E-state index in [1.165, 1.54) is 17.7 Å². The lowest BCUT2D eigenvalue weighted by atomic mass is 9.72. The first kappa shape index (κ1) is 14.9. The third kappa shape index (κ3) is 2.68. The Morgan fingerprint density at radius 3 is 2.13 bits per heavy atom. The van der Waals surface area contributed by atoms with Crippen molar-refractivity contribution in [2.24, 2.45) is 5.92 Å². The topological polar surface area (TPSA) is 23.5 Å². The summed E-state index contributed by atoms with van der Waals surface area (Å²) < 4.78 is 13.4. The molecule has 0 spiro atoms. The minimum atomic E-state index is -0.312. The number of fused-ring (bicyclic) bond motifs is 3. The second-order valence-corrected chi connectivity index (χ2v) is 6.79. The van der Waals surface area contributed by atoms with E-state index in [0.29, 0.717) is 5.92 Å². The highest BCUT2D eigenvalue weighted by molar-refractivity contribution is 5.35. The molecule has 3 saturated heterocycles. The smallest absolute Gasteiger partial charge is 0.123 e. The molecule has 2 aromatic rings. The fourth-order valence-electron chi connectivity index (χ4n) is 4.38. The lowest BCUT2D eigenvalue weighted by Gasteiger charge is -2.51. The van der Waals surface area contributed by atoms with E-state index >= 15 is 0 Å². The maximum absolute atomic E-state index is 13.4. The van der Waals surface area contributed by atoms with E-state index in [4.69, 9.17) is 0 Å². The predicted octanol–water partition coefficient (Wildman–Crippen LogP) is 3.41. The van der Waals surface area contributed by atoms with Gasteiger partial charge in [-0.1, -0.05) is 42.5 Å². The Bertz CT molecular complexity index is 647. The summed E-state index contributed by atoms with van der Waals surface area (Å²) in [5.41, 5.74) is 2.27. The summed E-state index contributed by atoms with van der Waals surface area (Å²) in [6.07, 6.45) is 1.86. The maximum Gasteiger partial charge on any atom is 0.123 e. The van der Waals surface area contributed by atoms with Crippen molar-refractivity contribution < 1.29 is 9.50 Å². The Balaban J connectivity index is 1.78. The van der Waals surface area contributed by atoms with Gasteiger partial charge in [-0.15, -0.1) is 0 Å². The molecule has 2 nitrogen and oxygen atoms in total. The predicted molar refractivity (Wildman–Crippen MR) is 88.8 cm³/mol. The SMILES string of the molecule is O[C@@H]1C2CCN(CC2)[C@H]1[C@@H](c1ccccc1)c1ccc(F)cc1. The van der Waals surface area contributed by atoms with Crippen LogP contribution in [0.25, 0.3) is 0 Å². The van der Waals surface area contributed by atoms with E-state index in [-0.39, 0.29) is 23.9 Å². The molecular weight excluding hydrogens is 289 g/mol. The number of hydrogen-bond acceptors (Lipinski definition) is 2. The van der Waals surface area contributed by atoms with Crippen molar-refractivity contribution in [2.75, 3.05) is 13.1 Å². The number of nitrogens with zero attached hydrogens (tertiary/aromatic N) is 1. The van der Waals surface area contributed by atoms with Crippen LogP contribution >= 0.6 is 0 Å². The number of benzene rings is 2. The van der Waals surface area contributed by atoms with Gasteiger partial charge in [0.05, 0.1) is 6.10 Å². The van der Waals surface area contributed by atoms with Crippen molar-refractivity contribution >= 4 is 0 Å². The molecule has 23 heavy (non-hydrogen) atoms. The molecule has 1 N–H and O–H groups in total. The Labute approximate surface area is 136 Å². The molecule has 2 aromatic carbocycles. The average molecular weight is 311 g/mol. The van der Waals surface area contributed by atoms with E-state index < -0.39 is 0 Å². The summed E-state index contributed by atoms with van der Waals surface area (Å²) in [6.45, 7) is 2.11. The van der Waals surface area contributed by atoms with Crippen molar-refractivity contribution in [2.45, 2.75) is 30.9 Å². The van der Waals surface area contributed by atoms with Crippen LogP contribution in [-0.2, 0) is 0 Å². The van der Waals surface area contributed by atoms with E-state index in [0.717, 1.165) is 31.5 Å². The lowest BCUT2D eigenvalue weighted by Crippen LogP contribution is -2.60. The van der Waals surface area contributed by atoms with Crippen molar-refractivity contribution in [3.05, 3.63) is 71.5 Å². The third-order valence-corrected chi connectivity index (χ3v) is 5.56. The van der Waals surface area contributed by atoms with Gasteiger partial charge in [0, 0.05) is 12.0 Å². The molecule has 0 radical (unpaired) electrons. The highest BCUT2D eigenvalue weighted by Crippen LogP contribution is 2.41. The molecule has 0 saturated carbocycles. The fraction of sp³-hybridized carbons (Fsp3) is 0.400. The van der Waals surface area contributed by atoms with Crippen LogP contribution in [-0.4, -0.2) is 35.2 Å². The Hall–Kier alpha value is -1.71. The number of rotatable bonds is 3. The molecule has 3 aliphatic rings. The van der Waals surface area contributed by atoms with Gasteiger partial charge in [-0.05, 0) is 55.1 Å². The minimum Gasteiger partial charge on any atom is -0.391 e. The molecule has 3 heteroatoms. The molecule has 3 aliphatic heterocycles. The zero-order valence-corrected chi connectivity index (χ0v) is 13.1. The molecule has 2 bridgehead atoms. The van der Waals surface area contributed by atoms with Crippen LogP contribution in [0.3, 0.4) is 0 Å². The minimum absolute atomic E-state index is 0.0786. The van der Waals surface area contributed by atoms with Gasteiger partial charge in [-0.3, -0.25) is 4.90 Å². The van der Waals surface area contributed by atoms with Gasteiger partial charge in [-0.25, -0.2) is 4.39 Å². The van der Waals surface area contributed by atoms with Crippen LogP contribution in [0.15, 0.2) is 54.6 Å². The van der Waals surface area contributed by atoms with Gasteiger partial charge in [0.2, 0.25) is 0 Å². The number of piperidine rings is 3. The first-order valence-electron chi connectivity index (χ1n) is 8.46. The van der Waals surface area contributed by atoms with E-state index in [2.05, 4.69) is 17.0 Å².